The minimum Gasteiger partial charge on any atom is -0.484 e. The number of benzene rings is 1. The van der Waals surface area contributed by atoms with Crippen LogP contribution in [0.1, 0.15) is 13.8 Å². The Balaban J connectivity index is 0.00000288. The topological polar surface area (TPSA) is 86.5 Å². The Morgan fingerprint density at radius 3 is 2.32 bits per heavy atom. The van der Waals surface area contributed by atoms with Crippen LogP contribution in [0.15, 0.2) is 48.7 Å². The van der Waals surface area contributed by atoms with Gasteiger partial charge in [-0.3, -0.25) is 4.79 Å². The van der Waals surface area contributed by atoms with E-state index in [1.807, 2.05) is 26.0 Å². The molecule has 1 aromatic heterocycles. The molecule has 3 N–H and O–H groups in total. The molecule has 1 heterocycles. The number of nitrogens with two attached hydrogens (primary N) is 1. The lowest BCUT2D eigenvalue weighted by Crippen LogP contribution is -2.46. The molecule has 0 radical (unpaired) electrons. The van der Waals surface area contributed by atoms with Crippen molar-refractivity contribution >= 4 is 30.7 Å². The van der Waals surface area contributed by atoms with Gasteiger partial charge in [-0.2, -0.15) is 0 Å². The molecule has 2 rings (SSSR count). The molecule has 0 spiro atoms. The number of ether oxygens (including phenoxy) is 2. The van der Waals surface area contributed by atoms with E-state index < -0.39 is 5.54 Å². The highest BCUT2D eigenvalue weighted by molar-refractivity contribution is 5.85. The van der Waals surface area contributed by atoms with Crippen molar-refractivity contribution in [2.45, 2.75) is 19.4 Å². The molecule has 6 nitrogen and oxygen atoms in total. The quantitative estimate of drug-likeness (QED) is 0.762. The summed E-state index contributed by atoms with van der Waals surface area (Å²) < 4.78 is 11.0. The first-order valence-corrected chi connectivity index (χ1v) is 7.30. The Bertz CT molecular complexity index is 632. The number of amides is 1. The van der Waals surface area contributed by atoms with Gasteiger partial charge < -0.3 is 20.5 Å². The molecule has 8 heteroatoms. The largest absolute Gasteiger partial charge is 0.484 e. The van der Waals surface area contributed by atoms with E-state index in [0.717, 1.165) is 0 Å². The van der Waals surface area contributed by atoms with Gasteiger partial charge in [0.15, 0.2) is 6.61 Å². The minimum atomic E-state index is -0.444. The highest BCUT2D eigenvalue weighted by Crippen LogP contribution is 2.22. The van der Waals surface area contributed by atoms with Gasteiger partial charge in [0.05, 0.1) is 0 Å². The Labute approximate surface area is 159 Å². The number of nitrogens with one attached hydrogen (secondary N) is 1. The van der Waals surface area contributed by atoms with Gasteiger partial charge in [0.25, 0.3) is 5.91 Å². The fraction of sp³-hybridized carbons (Fsp3) is 0.294. The van der Waals surface area contributed by atoms with E-state index in [2.05, 4.69) is 10.3 Å². The summed E-state index contributed by atoms with van der Waals surface area (Å²) in [5.41, 5.74) is 5.35. The number of hydrogen-bond acceptors (Lipinski definition) is 5. The molecule has 1 aromatic carbocycles. The van der Waals surface area contributed by atoms with Crippen LogP contribution in [0.5, 0.6) is 17.4 Å². The standard InChI is InChI=1S/C17H21N3O3.2ClH/c1-17(2,18)12-20-15(21)11-22-13-6-8-14(9-7-13)23-16-5-3-4-10-19-16;;/h3-10H,11-12,18H2,1-2H3,(H,20,21);2*1H. The van der Waals surface area contributed by atoms with Crippen LogP contribution >= 0.6 is 24.8 Å². The van der Waals surface area contributed by atoms with Crippen molar-refractivity contribution in [2.24, 2.45) is 5.73 Å². The molecular weight excluding hydrogens is 365 g/mol. The van der Waals surface area contributed by atoms with Crippen LogP contribution in [0, 0.1) is 0 Å². The second-order valence-corrected chi connectivity index (χ2v) is 5.80. The molecule has 0 fully saturated rings. The number of pyridine rings is 1. The molecule has 0 aliphatic heterocycles. The first-order valence-electron chi connectivity index (χ1n) is 7.30. The average Bonchev–Trinajstić information content (AvgIpc) is 2.52. The third kappa shape index (κ3) is 9.14. The lowest BCUT2D eigenvalue weighted by Gasteiger charge is -2.18. The maximum absolute atomic E-state index is 11.6. The van der Waals surface area contributed by atoms with E-state index in [0.29, 0.717) is 23.9 Å². The van der Waals surface area contributed by atoms with Crippen LogP contribution < -0.4 is 20.5 Å². The predicted octanol–water partition coefficient (Wildman–Crippen LogP) is 2.95. The van der Waals surface area contributed by atoms with Crippen molar-refractivity contribution in [3.63, 3.8) is 0 Å². The smallest absolute Gasteiger partial charge is 0.258 e. The van der Waals surface area contributed by atoms with Crippen LogP contribution in [0.2, 0.25) is 0 Å². The summed E-state index contributed by atoms with van der Waals surface area (Å²) in [5.74, 6) is 1.54. The van der Waals surface area contributed by atoms with Gasteiger partial charge in [0.2, 0.25) is 5.88 Å². The highest BCUT2D eigenvalue weighted by Gasteiger charge is 2.12. The molecule has 0 bridgehead atoms. The van der Waals surface area contributed by atoms with Crippen LogP contribution in [-0.4, -0.2) is 29.6 Å². The molecule has 0 saturated heterocycles. The normalized spacial score (nSPS) is 10.0. The van der Waals surface area contributed by atoms with Crippen molar-refractivity contribution in [3.8, 4) is 17.4 Å². The van der Waals surface area contributed by atoms with E-state index in [1.165, 1.54) is 0 Å². The fourth-order valence-electron chi connectivity index (χ4n) is 1.66. The van der Waals surface area contributed by atoms with Gasteiger partial charge >= 0.3 is 0 Å². The third-order valence-corrected chi connectivity index (χ3v) is 2.80. The van der Waals surface area contributed by atoms with Crippen molar-refractivity contribution in [2.75, 3.05) is 13.2 Å². The van der Waals surface area contributed by atoms with Gasteiger partial charge in [0.1, 0.15) is 11.5 Å². The van der Waals surface area contributed by atoms with Crippen LogP contribution in [-0.2, 0) is 4.79 Å². The van der Waals surface area contributed by atoms with E-state index >= 15 is 0 Å². The maximum Gasteiger partial charge on any atom is 0.258 e. The third-order valence-electron chi connectivity index (χ3n) is 2.80. The summed E-state index contributed by atoms with van der Waals surface area (Å²) >= 11 is 0. The Hall–Kier alpha value is -2.02. The van der Waals surface area contributed by atoms with Crippen LogP contribution in [0.4, 0.5) is 0 Å². The lowest BCUT2D eigenvalue weighted by molar-refractivity contribution is -0.123. The van der Waals surface area contributed by atoms with Crippen molar-refractivity contribution < 1.29 is 14.3 Å². The summed E-state index contributed by atoms with van der Waals surface area (Å²) in [5, 5.41) is 2.72. The van der Waals surface area contributed by atoms with Crippen LogP contribution in [0.25, 0.3) is 0 Å². The SMILES string of the molecule is CC(C)(N)CNC(=O)COc1ccc(Oc2ccccn2)cc1.Cl.Cl. The highest BCUT2D eigenvalue weighted by atomic mass is 35.5. The maximum atomic E-state index is 11.6. The Morgan fingerprint density at radius 1 is 1.12 bits per heavy atom. The number of nitrogens with zero attached hydrogens (tertiary/aromatic N) is 1. The molecule has 0 aliphatic rings. The molecule has 1 amide bonds. The van der Waals surface area contributed by atoms with Gasteiger partial charge in [-0.25, -0.2) is 4.98 Å². The number of rotatable bonds is 7. The number of carbonyl (C=O) groups is 1. The number of hydrogen-bond donors (Lipinski definition) is 2. The van der Waals surface area contributed by atoms with Crippen LogP contribution in [0.3, 0.4) is 0 Å². The van der Waals surface area contributed by atoms with Gasteiger partial charge in [-0.05, 0) is 44.2 Å². The Morgan fingerprint density at radius 2 is 1.76 bits per heavy atom. The summed E-state index contributed by atoms with van der Waals surface area (Å²) in [6, 6.07) is 12.4. The van der Waals surface area contributed by atoms with Crippen molar-refractivity contribution in [3.05, 3.63) is 48.7 Å². The summed E-state index contributed by atoms with van der Waals surface area (Å²) in [4.78, 5) is 15.7. The molecule has 0 saturated carbocycles. The zero-order chi connectivity index (χ0) is 16.7. The summed E-state index contributed by atoms with van der Waals surface area (Å²) in [6.07, 6.45) is 1.66. The molecular formula is C17H23Cl2N3O3. The van der Waals surface area contributed by atoms with Crippen molar-refractivity contribution in [1.82, 2.24) is 10.3 Å². The molecule has 0 unspecified atom stereocenters. The zero-order valence-corrected chi connectivity index (χ0v) is 15.7. The van der Waals surface area contributed by atoms with E-state index in [1.54, 1.807) is 36.5 Å². The second kappa shape index (κ2) is 10.8. The second-order valence-electron chi connectivity index (χ2n) is 5.80. The molecule has 0 aliphatic carbocycles. The average molecular weight is 388 g/mol. The van der Waals surface area contributed by atoms with Gasteiger partial charge in [-0.15, -0.1) is 24.8 Å². The zero-order valence-electron chi connectivity index (χ0n) is 14.1. The van der Waals surface area contributed by atoms with E-state index in [-0.39, 0.29) is 37.3 Å². The Kier molecular flexibility index (Phi) is 9.89. The molecule has 2 aromatic rings. The number of aromatic nitrogens is 1. The van der Waals surface area contributed by atoms with Gasteiger partial charge in [-0.1, -0.05) is 6.07 Å². The van der Waals surface area contributed by atoms with E-state index in [9.17, 15) is 4.79 Å². The molecule has 25 heavy (non-hydrogen) atoms. The minimum absolute atomic E-state index is 0. The number of halogens is 2. The van der Waals surface area contributed by atoms with Gasteiger partial charge in [0, 0.05) is 24.3 Å². The van der Waals surface area contributed by atoms with E-state index in [4.69, 9.17) is 15.2 Å². The lowest BCUT2D eigenvalue weighted by atomic mass is 10.1. The summed E-state index contributed by atoms with van der Waals surface area (Å²) in [6.45, 7) is 4.02. The molecule has 138 valence electrons. The molecule has 0 atom stereocenters. The summed E-state index contributed by atoms with van der Waals surface area (Å²) in [7, 11) is 0. The first-order chi connectivity index (χ1) is 10.9. The van der Waals surface area contributed by atoms with Crippen molar-refractivity contribution in [1.29, 1.82) is 0 Å². The monoisotopic (exact) mass is 387 g/mol. The predicted molar refractivity (Wildman–Crippen MR) is 102 cm³/mol. The number of carbonyl (C=O) groups excluding carboxylic acids is 1. The first kappa shape index (κ1) is 23.0. The fourth-order valence-corrected chi connectivity index (χ4v) is 1.66.